The Balaban J connectivity index is 1.80. The van der Waals surface area contributed by atoms with Crippen LogP contribution in [0.5, 0.6) is 0 Å². The molecule has 3 aliphatic rings. The van der Waals surface area contributed by atoms with Gasteiger partial charge in [0.1, 0.15) is 36.9 Å². The van der Waals surface area contributed by atoms with E-state index in [0.717, 1.165) is 30.2 Å². The molecule has 126 valence electrons. The second kappa shape index (κ2) is 5.79. The monoisotopic (exact) mass is 327 g/mol. The second-order valence-electron chi connectivity index (χ2n) is 6.03. The van der Waals surface area contributed by atoms with Gasteiger partial charge in [0.05, 0.1) is 25.2 Å². The quantitative estimate of drug-likeness (QED) is 0.838. The van der Waals surface area contributed by atoms with Crippen LogP contribution in [0.1, 0.15) is 26.3 Å². The number of rotatable bonds is 4. The van der Waals surface area contributed by atoms with Crippen LogP contribution in [0, 0.1) is 0 Å². The van der Waals surface area contributed by atoms with Gasteiger partial charge in [0, 0.05) is 12.7 Å². The number of hydrogen-bond donors (Lipinski definition) is 0. The van der Waals surface area contributed by atoms with Crippen LogP contribution >= 0.6 is 0 Å². The van der Waals surface area contributed by atoms with E-state index >= 15 is 0 Å². The van der Waals surface area contributed by atoms with Crippen LogP contribution in [0.4, 0.5) is 0 Å². The molecule has 0 aromatic carbocycles. The summed E-state index contributed by atoms with van der Waals surface area (Å²) in [7, 11) is 1.68. The Kier molecular flexibility index (Phi) is 3.61. The first kappa shape index (κ1) is 14.9. The average Bonchev–Trinajstić information content (AvgIpc) is 3.23. The summed E-state index contributed by atoms with van der Waals surface area (Å²) in [5.41, 5.74) is 3.21. The van der Waals surface area contributed by atoms with Crippen molar-refractivity contribution < 1.29 is 4.84 Å². The first-order valence-corrected chi connectivity index (χ1v) is 8.10. The smallest absolute Gasteiger partial charge is 0.139 e. The molecule has 0 amide bonds. The summed E-state index contributed by atoms with van der Waals surface area (Å²) in [6.45, 7) is 5.88. The van der Waals surface area contributed by atoms with E-state index in [9.17, 15) is 0 Å². The molecule has 0 fully saturated rings. The molecular formula is C16H21N7O. The molecule has 0 spiro atoms. The maximum absolute atomic E-state index is 5.37. The molecule has 0 saturated heterocycles. The number of hydrogen-bond acceptors (Lipinski definition) is 7. The van der Waals surface area contributed by atoms with Gasteiger partial charge in [0.15, 0.2) is 0 Å². The highest BCUT2D eigenvalue weighted by Gasteiger charge is 2.38. The van der Waals surface area contributed by atoms with E-state index in [1.807, 2.05) is 17.1 Å². The molecule has 3 aliphatic heterocycles. The molecule has 8 nitrogen and oxygen atoms in total. The summed E-state index contributed by atoms with van der Waals surface area (Å²) >= 11 is 0. The number of nitrogens with zero attached hydrogens (tertiary/aromatic N) is 7. The van der Waals surface area contributed by atoms with Crippen molar-refractivity contribution in [3.8, 4) is 0 Å². The summed E-state index contributed by atoms with van der Waals surface area (Å²) in [4.78, 5) is 18.8. The molecule has 4 rings (SSSR count). The minimum absolute atomic E-state index is 0.0370. The maximum atomic E-state index is 5.37. The summed E-state index contributed by atoms with van der Waals surface area (Å²) in [6, 6.07) is -0.0370. The van der Waals surface area contributed by atoms with Crippen LogP contribution in [-0.4, -0.2) is 56.2 Å². The van der Waals surface area contributed by atoms with E-state index in [2.05, 4.69) is 39.9 Å². The fourth-order valence-electron chi connectivity index (χ4n) is 3.40. The van der Waals surface area contributed by atoms with Crippen molar-refractivity contribution in [2.24, 2.45) is 4.99 Å². The number of aliphatic imine (C=N–C) groups is 1. The van der Waals surface area contributed by atoms with Gasteiger partial charge < -0.3 is 9.80 Å². The molecular weight excluding hydrogens is 306 g/mol. The summed E-state index contributed by atoms with van der Waals surface area (Å²) in [6.07, 6.45) is 10.4. The van der Waals surface area contributed by atoms with Crippen molar-refractivity contribution in [2.75, 3.05) is 20.3 Å². The molecule has 1 aromatic heterocycles. The Morgan fingerprint density at radius 2 is 2.21 bits per heavy atom. The Morgan fingerprint density at radius 1 is 1.33 bits per heavy atom. The van der Waals surface area contributed by atoms with E-state index in [1.54, 1.807) is 24.8 Å². The lowest BCUT2D eigenvalue weighted by atomic mass is 10.0. The van der Waals surface area contributed by atoms with Gasteiger partial charge in [-0.3, -0.25) is 9.83 Å². The van der Waals surface area contributed by atoms with E-state index in [-0.39, 0.29) is 6.04 Å². The lowest BCUT2D eigenvalue weighted by Crippen LogP contribution is -2.40. The topological polar surface area (TPSA) is 62.0 Å². The zero-order valence-electron chi connectivity index (χ0n) is 14.1. The SMILES string of the molecule is CCCN1C=C(C)C(n2cncn2)C2=C1N1CN(OC)C=C1C=N2. The van der Waals surface area contributed by atoms with Gasteiger partial charge in [0.25, 0.3) is 0 Å². The number of fused-ring (bicyclic) bond motifs is 2. The second-order valence-corrected chi connectivity index (χ2v) is 6.03. The predicted octanol–water partition coefficient (Wildman–Crippen LogP) is 1.68. The fourth-order valence-corrected chi connectivity index (χ4v) is 3.40. The van der Waals surface area contributed by atoms with Crippen LogP contribution in [-0.2, 0) is 4.84 Å². The fraction of sp³-hybridized carbons (Fsp3) is 0.438. The lowest BCUT2D eigenvalue weighted by Gasteiger charge is -2.40. The van der Waals surface area contributed by atoms with Gasteiger partial charge in [-0.05, 0) is 18.9 Å². The van der Waals surface area contributed by atoms with Crippen LogP contribution < -0.4 is 0 Å². The van der Waals surface area contributed by atoms with Crippen LogP contribution in [0.2, 0.25) is 0 Å². The minimum Gasteiger partial charge on any atom is -0.333 e. The number of allylic oxidation sites excluding steroid dienone is 2. The van der Waals surface area contributed by atoms with Crippen molar-refractivity contribution in [3.05, 3.63) is 47.8 Å². The van der Waals surface area contributed by atoms with E-state index < -0.39 is 0 Å². The first-order chi connectivity index (χ1) is 11.7. The van der Waals surface area contributed by atoms with Gasteiger partial charge >= 0.3 is 0 Å². The van der Waals surface area contributed by atoms with Gasteiger partial charge in [-0.15, -0.1) is 0 Å². The third-order valence-corrected chi connectivity index (χ3v) is 4.41. The van der Waals surface area contributed by atoms with E-state index in [1.165, 1.54) is 5.57 Å². The average molecular weight is 327 g/mol. The Morgan fingerprint density at radius 3 is 2.92 bits per heavy atom. The van der Waals surface area contributed by atoms with Crippen LogP contribution in [0.3, 0.4) is 0 Å². The Hall–Kier alpha value is -2.61. The molecule has 0 saturated carbocycles. The predicted molar refractivity (Wildman–Crippen MR) is 89.0 cm³/mol. The highest BCUT2D eigenvalue weighted by Crippen LogP contribution is 2.40. The van der Waals surface area contributed by atoms with Gasteiger partial charge in [-0.1, -0.05) is 6.92 Å². The normalized spacial score (nSPS) is 22.6. The van der Waals surface area contributed by atoms with Crippen molar-refractivity contribution in [1.82, 2.24) is 29.6 Å². The number of aromatic nitrogens is 3. The van der Waals surface area contributed by atoms with Gasteiger partial charge in [-0.2, -0.15) is 5.10 Å². The highest BCUT2D eigenvalue weighted by atomic mass is 16.7. The first-order valence-electron chi connectivity index (χ1n) is 8.10. The molecule has 0 N–H and O–H groups in total. The van der Waals surface area contributed by atoms with Gasteiger partial charge in [0.2, 0.25) is 0 Å². The molecule has 24 heavy (non-hydrogen) atoms. The Labute approximate surface area is 141 Å². The third kappa shape index (κ3) is 2.22. The summed E-state index contributed by atoms with van der Waals surface area (Å²) in [5, 5.41) is 6.14. The zero-order valence-corrected chi connectivity index (χ0v) is 14.1. The molecule has 1 unspecified atom stereocenters. The zero-order chi connectivity index (χ0) is 16.7. The van der Waals surface area contributed by atoms with Crippen molar-refractivity contribution in [2.45, 2.75) is 26.3 Å². The molecule has 1 atom stereocenters. The molecule has 0 bridgehead atoms. The lowest BCUT2D eigenvalue weighted by molar-refractivity contribution is -0.0968. The highest BCUT2D eigenvalue weighted by molar-refractivity contribution is 5.81. The van der Waals surface area contributed by atoms with Crippen LogP contribution in [0.15, 0.2) is 52.8 Å². The van der Waals surface area contributed by atoms with Crippen LogP contribution in [0.25, 0.3) is 0 Å². The van der Waals surface area contributed by atoms with Gasteiger partial charge in [-0.25, -0.2) is 14.7 Å². The number of hydroxylamine groups is 2. The molecule has 0 radical (unpaired) electrons. The largest absolute Gasteiger partial charge is 0.333 e. The van der Waals surface area contributed by atoms with E-state index in [0.29, 0.717) is 6.67 Å². The van der Waals surface area contributed by atoms with Crippen molar-refractivity contribution in [1.29, 1.82) is 0 Å². The molecule has 4 heterocycles. The summed E-state index contributed by atoms with van der Waals surface area (Å²) < 4.78 is 1.86. The van der Waals surface area contributed by atoms with Crippen molar-refractivity contribution >= 4 is 6.21 Å². The standard InChI is InChI=1S/C16H21N7O/c1-4-5-20-7-12(2)15(23-10-17-9-19-23)14-16(20)22-11-21(24-3)8-13(22)6-18-14/h6-10,15H,4-5,11H2,1-3H3. The Bertz CT molecular complexity index is 746. The van der Waals surface area contributed by atoms with Crippen molar-refractivity contribution in [3.63, 3.8) is 0 Å². The minimum atomic E-state index is -0.0370. The molecule has 1 aromatic rings. The third-order valence-electron chi connectivity index (χ3n) is 4.41. The molecule has 8 heteroatoms. The maximum Gasteiger partial charge on any atom is 0.139 e. The van der Waals surface area contributed by atoms with E-state index in [4.69, 9.17) is 9.83 Å². The molecule has 0 aliphatic carbocycles. The summed E-state index contributed by atoms with van der Waals surface area (Å²) in [5.74, 6) is 1.09.